The highest BCUT2D eigenvalue weighted by molar-refractivity contribution is 7.15. The van der Waals surface area contributed by atoms with Crippen molar-refractivity contribution in [3.8, 4) is 22.8 Å². The molecule has 0 radical (unpaired) electrons. The smallest absolute Gasteiger partial charge is 0.291 e. The van der Waals surface area contributed by atoms with Crippen molar-refractivity contribution in [1.82, 2.24) is 14.6 Å². The van der Waals surface area contributed by atoms with Crippen molar-refractivity contribution in [2.45, 2.75) is 6.10 Å². The predicted molar refractivity (Wildman–Crippen MR) is 122 cm³/mol. The van der Waals surface area contributed by atoms with Gasteiger partial charge in [-0.3, -0.25) is 14.9 Å². The number of aromatic nitrogens is 3. The molecule has 1 unspecified atom stereocenters. The number of para-hydroxylation sites is 3. The summed E-state index contributed by atoms with van der Waals surface area (Å²) >= 11 is 1.16. The van der Waals surface area contributed by atoms with E-state index >= 15 is 0 Å². The lowest BCUT2D eigenvalue weighted by Gasteiger charge is -2.24. The maximum atomic E-state index is 12.9. The van der Waals surface area contributed by atoms with Gasteiger partial charge in [0.1, 0.15) is 22.7 Å². The van der Waals surface area contributed by atoms with E-state index in [-0.39, 0.29) is 17.9 Å². The normalized spacial score (nSPS) is 15.6. The third kappa shape index (κ3) is 3.39. The second-order valence-corrected chi connectivity index (χ2v) is 8.43. The Balaban J connectivity index is 1.31. The summed E-state index contributed by atoms with van der Waals surface area (Å²) in [5.74, 6) is 2.33. The Hall–Kier alpha value is -4.51. The SMILES string of the molecule is O=c1/c(=C/c2ccc(-c3ccccc3[N+](=O)[O-])o2)sc2nc(C3COc4ccccc4O3)nn12. The fourth-order valence-electron chi connectivity index (χ4n) is 3.68. The van der Waals surface area contributed by atoms with Crippen molar-refractivity contribution in [1.29, 1.82) is 0 Å². The molecule has 1 aliphatic rings. The lowest BCUT2D eigenvalue weighted by Crippen LogP contribution is -2.26. The molecule has 0 saturated carbocycles. The zero-order chi connectivity index (χ0) is 23.2. The Morgan fingerprint density at radius 2 is 1.88 bits per heavy atom. The van der Waals surface area contributed by atoms with Gasteiger partial charge < -0.3 is 13.9 Å². The maximum Gasteiger partial charge on any atom is 0.291 e. The summed E-state index contributed by atoms with van der Waals surface area (Å²) in [5.41, 5.74) is -0.0478. The zero-order valence-electron chi connectivity index (χ0n) is 17.3. The number of hydrogen-bond donors (Lipinski definition) is 0. The number of nitrogens with zero attached hydrogens (tertiary/aromatic N) is 4. The summed E-state index contributed by atoms with van der Waals surface area (Å²) in [6.07, 6.45) is 1.04. The molecule has 6 rings (SSSR count). The minimum absolute atomic E-state index is 0.0595. The maximum absolute atomic E-state index is 12.9. The molecule has 0 saturated heterocycles. The molecule has 168 valence electrons. The first-order valence-corrected chi connectivity index (χ1v) is 11.0. The Kier molecular flexibility index (Phi) is 4.62. The van der Waals surface area contributed by atoms with Crippen LogP contribution in [0.4, 0.5) is 5.69 Å². The molecule has 0 fully saturated rings. The Labute approximate surface area is 194 Å². The van der Waals surface area contributed by atoms with Crippen molar-refractivity contribution in [3.63, 3.8) is 0 Å². The quantitative estimate of drug-likeness (QED) is 0.287. The fraction of sp³-hybridized carbons (Fsp3) is 0.0870. The van der Waals surface area contributed by atoms with E-state index in [2.05, 4.69) is 10.1 Å². The van der Waals surface area contributed by atoms with Crippen molar-refractivity contribution in [3.05, 3.63) is 97.2 Å². The van der Waals surface area contributed by atoms with E-state index in [0.29, 0.717) is 43.9 Å². The molecule has 2 aromatic carbocycles. The Bertz CT molecular complexity index is 1670. The molecule has 11 heteroatoms. The second kappa shape index (κ2) is 7.81. The molecule has 4 heterocycles. The molecular formula is C23H14N4O6S. The largest absolute Gasteiger partial charge is 0.485 e. The first-order chi connectivity index (χ1) is 16.6. The zero-order valence-corrected chi connectivity index (χ0v) is 18.1. The van der Waals surface area contributed by atoms with Gasteiger partial charge in [0.25, 0.3) is 11.2 Å². The number of ether oxygens (including phenoxy) is 2. The topological polar surface area (TPSA) is 122 Å². The number of nitro benzene ring substituents is 1. The second-order valence-electron chi connectivity index (χ2n) is 7.42. The van der Waals surface area contributed by atoms with Gasteiger partial charge in [0.2, 0.25) is 4.96 Å². The molecule has 1 aliphatic heterocycles. The molecule has 0 amide bonds. The van der Waals surface area contributed by atoms with Crippen LogP contribution >= 0.6 is 11.3 Å². The van der Waals surface area contributed by atoms with Crippen molar-refractivity contribution >= 4 is 28.1 Å². The summed E-state index contributed by atoms with van der Waals surface area (Å²) in [6.45, 7) is 0.239. The van der Waals surface area contributed by atoms with Crippen LogP contribution in [-0.4, -0.2) is 26.1 Å². The number of rotatable bonds is 4. The van der Waals surface area contributed by atoms with Gasteiger partial charge in [-0.1, -0.05) is 35.6 Å². The number of furan rings is 1. The molecule has 0 N–H and O–H groups in total. The Morgan fingerprint density at radius 3 is 2.71 bits per heavy atom. The minimum Gasteiger partial charge on any atom is -0.485 e. The number of fused-ring (bicyclic) bond motifs is 2. The van der Waals surface area contributed by atoms with Crippen LogP contribution in [-0.2, 0) is 0 Å². The highest BCUT2D eigenvalue weighted by Crippen LogP contribution is 2.35. The number of benzene rings is 2. The third-order valence-electron chi connectivity index (χ3n) is 5.26. The van der Waals surface area contributed by atoms with Crippen molar-refractivity contribution in [2.24, 2.45) is 0 Å². The van der Waals surface area contributed by atoms with E-state index < -0.39 is 11.0 Å². The molecule has 5 aromatic rings. The van der Waals surface area contributed by atoms with E-state index in [1.807, 2.05) is 18.2 Å². The minimum atomic E-state index is -0.525. The van der Waals surface area contributed by atoms with Crippen LogP contribution in [0.25, 0.3) is 22.4 Å². The van der Waals surface area contributed by atoms with Crippen LogP contribution in [0.15, 0.2) is 69.9 Å². The van der Waals surface area contributed by atoms with Crippen molar-refractivity contribution < 1.29 is 18.8 Å². The number of nitro groups is 1. The average Bonchev–Trinajstić information content (AvgIpc) is 3.56. The van der Waals surface area contributed by atoms with Crippen LogP contribution in [0.2, 0.25) is 0 Å². The van der Waals surface area contributed by atoms with Gasteiger partial charge in [-0.2, -0.15) is 9.50 Å². The van der Waals surface area contributed by atoms with E-state index in [1.165, 1.54) is 10.6 Å². The molecule has 0 spiro atoms. The molecule has 10 nitrogen and oxygen atoms in total. The summed E-state index contributed by atoms with van der Waals surface area (Å²) < 4.78 is 19.0. The molecule has 3 aromatic heterocycles. The number of hydrogen-bond acceptors (Lipinski definition) is 9. The molecule has 0 aliphatic carbocycles. The lowest BCUT2D eigenvalue weighted by molar-refractivity contribution is -0.384. The average molecular weight is 474 g/mol. The van der Waals surface area contributed by atoms with Crippen molar-refractivity contribution in [2.75, 3.05) is 6.61 Å². The Morgan fingerprint density at radius 1 is 1.09 bits per heavy atom. The van der Waals surface area contributed by atoms with Gasteiger partial charge in [-0.25, -0.2) is 0 Å². The van der Waals surface area contributed by atoms with Gasteiger partial charge in [0.05, 0.1) is 10.5 Å². The first kappa shape index (κ1) is 20.1. The third-order valence-corrected chi connectivity index (χ3v) is 6.22. The van der Waals surface area contributed by atoms with E-state index in [4.69, 9.17) is 13.9 Å². The highest BCUT2D eigenvalue weighted by Gasteiger charge is 2.27. The van der Waals surface area contributed by atoms with E-state index in [0.717, 1.165) is 11.3 Å². The standard InChI is InChI=1S/C23H14N4O6S/c28-22-20(11-13-9-10-16(32-13)14-5-1-2-6-15(14)27(29)30)34-23-24-21(25-26(22)23)19-12-31-17-7-3-4-8-18(17)33-19/h1-11,19H,12H2/b20-11-. The van der Waals surface area contributed by atoms with Gasteiger partial charge in [-0.15, -0.1) is 5.10 Å². The molecule has 1 atom stereocenters. The van der Waals surface area contributed by atoms with Crippen LogP contribution in [0.3, 0.4) is 0 Å². The predicted octanol–water partition coefficient (Wildman–Crippen LogP) is 3.38. The highest BCUT2D eigenvalue weighted by atomic mass is 32.1. The van der Waals surface area contributed by atoms with Gasteiger partial charge in [0.15, 0.2) is 23.4 Å². The van der Waals surface area contributed by atoms with Crippen LogP contribution < -0.4 is 19.6 Å². The summed E-state index contributed by atoms with van der Waals surface area (Å²) in [5, 5.41) is 15.6. The van der Waals surface area contributed by atoms with E-state index in [1.54, 1.807) is 42.5 Å². The molecular weight excluding hydrogens is 460 g/mol. The first-order valence-electron chi connectivity index (χ1n) is 10.2. The summed E-state index contributed by atoms with van der Waals surface area (Å²) in [7, 11) is 0. The monoisotopic (exact) mass is 474 g/mol. The molecule has 0 bridgehead atoms. The van der Waals surface area contributed by atoms with Gasteiger partial charge in [-0.05, 0) is 30.3 Å². The van der Waals surface area contributed by atoms with Crippen LogP contribution in [0.1, 0.15) is 17.7 Å². The van der Waals surface area contributed by atoms with Crippen LogP contribution in [0, 0.1) is 10.1 Å². The number of thiazole rings is 1. The van der Waals surface area contributed by atoms with Gasteiger partial charge >= 0.3 is 0 Å². The van der Waals surface area contributed by atoms with E-state index in [9.17, 15) is 14.9 Å². The summed E-state index contributed by atoms with van der Waals surface area (Å²) in [6, 6.07) is 16.9. The lowest BCUT2D eigenvalue weighted by atomic mass is 10.1. The van der Waals surface area contributed by atoms with Gasteiger partial charge in [0, 0.05) is 12.1 Å². The fourth-order valence-corrected chi connectivity index (χ4v) is 4.57. The summed E-state index contributed by atoms with van der Waals surface area (Å²) in [4.78, 5) is 28.6. The molecule has 34 heavy (non-hydrogen) atoms. The van der Waals surface area contributed by atoms with Crippen LogP contribution in [0.5, 0.6) is 11.5 Å².